The molecule has 0 N–H and O–H groups in total. The van der Waals surface area contributed by atoms with Crippen molar-refractivity contribution in [2.24, 2.45) is 0 Å². The van der Waals surface area contributed by atoms with Crippen molar-refractivity contribution in [2.45, 2.75) is 20.8 Å². The van der Waals surface area contributed by atoms with Crippen LogP contribution in [0.3, 0.4) is 0 Å². The van der Waals surface area contributed by atoms with Gasteiger partial charge in [-0.3, -0.25) is 4.79 Å². The summed E-state index contributed by atoms with van der Waals surface area (Å²) < 4.78 is 5.62. The van der Waals surface area contributed by atoms with E-state index in [0.717, 1.165) is 22.5 Å². The Hall–Kier alpha value is -1.83. The molecule has 0 aliphatic rings. The number of rotatable bonds is 5. The normalized spacial score (nSPS) is 11.1. The Kier molecular flexibility index (Phi) is 4.70. The van der Waals surface area contributed by atoms with Gasteiger partial charge in [0.15, 0.2) is 5.78 Å². The summed E-state index contributed by atoms with van der Waals surface area (Å²) in [6, 6.07) is 7.66. The van der Waals surface area contributed by atoms with Gasteiger partial charge < -0.3 is 4.74 Å². The first-order chi connectivity index (χ1) is 8.00. The second-order valence-electron chi connectivity index (χ2n) is 4.17. The summed E-state index contributed by atoms with van der Waals surface area (Å²) in [6.45, 7) is 9.56. The molecule has 2 heteroatoms. The van der Waals surface area contributed by atoms with Crippen molar-refractivity contribution in [1.29, 1.82) is 0 Å². The third kappa shape index (κ3) is 4.27. The van der Waals surface area contributed by atoms with E-state index >= 15 is 0 Å². The van der Waals surface area contributed by atoms with Gasteiger partial charge in [0.25, 0.3) is 0 Å². The molecule has 1 aromatic carbocycles. The fourth-order valence-electron chi connectivity index (χ4n) is 1.27. The summed E-state index contributed by atoms with van der Waals surface area (Å²) in [5, 5.41) is 0. The number of Topliss-reactive ketones (excluding diaryl/α,β-unsaturated/α-hetero) is 1. The summed E-state index contributed by atoms with van der Waals surface area (Å²) >= 11 is 0. The predicted molar refractivity (Wildman–Crippen MR) is 71.1 cm³/mol. The average Bonchev–Trinajstić information content (AvgIpc) is 2.27. The van der Waals surface area contributed by atoms with Crippen LogP contribution in [-0.2, 0) is 4.79 Å². The number of allylic oxidation sites excluding steroid dienone is 1. The van der Waals surface area contributed by atoms with E-state index in [4.69, 9.17) is 4.74 Å². The van der Waals surface area contributed by atoms with Crippen LogP contribution in [0.25, 0.3) is 6.08 Å². The molecular weight excluding hydrogens is 212 g/mol. The van der Waals surface area contributed by atoms with Crippen LogP contribution in [0, 0.1) is 0 Å². The number of carbonyl (C=O) groups is 1. The molecule has 0 saturated carbocycles. The van der Waals surface area contributed by atoms with Crippen LogP contribution in [0.2, 0.25) is 0 Å². The summed E-state index contributed by atoms with van der Waals surface area (Å²) in [4.78, 5) is 11.2. The minimum Gasteiger partial charge on any atom is -0.489 e. The maximum absolute atomic E-state index is 11.2. The van der Waals surface area contributed by atoms with Crippen molar-refractivity contribution >= 4 is 11.9 Å². The first-order valence-corrected chi connectivity index (χ1v) is 5.56. The standard InChI is InChI=1S/C15H18O2/c1-11(2)10-17-15-8-6-5-7-14(15)9-12(3)13(4)16/h5-9H,1,10H2,2-4H3/b12-9+. The smallest absolute Gasteiger partial charge is 0.155 e. The molecule has 0 fully saturated rings. The molecule has 0 radical (unpaired) electrons. The third-order valence-electron chi connectivity index (χ3n) is 2.32. The van der Waals surface area contributed by atoms with Gasteiger partial charge in [0, 0.05) is 5.56 Å². The fourth-order valence-corrected chi connectivity index (χ4v) is 1.27. The Morgan fingerprint density at radius 3 is 2.53 bits per heavy atom. The van der Waals surface area contributed by atoms with E-state index in [1.54, 1.807) is 13.8 Å². The van der Waals surface area contributed by atoms with Crippen molar-refractivity contribution in [1.82, 2.24) is 0 Å². The van der Waals surface area contributed by atoms with Gasteiger partial charge >= 0.3 is 0 Å². The number of hydrogen-bond acceptors (Lipinski definition) is 2. The molecule has 0 aromatic heterocycles. The molecule has 0 saturated heterocycles. The SMILES string of the molecule is C=C(C)COc1ccccc1/C=C(\C)C(C)=O. The molecule has 0 aliphatic heterocycles. The Morgan fingerprint density at radius 2 is 1.94 bits per heavy atom. The Bertz CT molecular complexity index is 456. The van der Waals surface area contributed by atoms with Crippen LogP contribution in [0.15, 0.2) is 42.0 Å². The Morgan fingerprint density at radius 1 is 1.29 bits per heavy atom. The highest BCUT2D eigenvalue weighted by Gasteiger charge is 2.03. The molecule has 1 aromatic rings. The molecule has 0 aliphatic carbocycles. The summed E-state index contributed by atoms with van der Waals surface area (Å²) in [5.41, 5.74) is 2.60. The van der Waals surface area contributed by atoms with E-state index in [9.17, 15) is 4.79 Å². The highest BCUT2D eigenvalue weighted by atomic mass is 16.5. The lowest BCUT2D eigenvalue weighted by molar-refractivity contribution is -0.113. The van der Waals surface area contributed by atoms with Crippen molar-refractivity contribution in [2.75, 3.05) is 6.61 Å². The van der Waals surface area contributed by atoms with E-state index in [1.165, 1.54) is 0 Å². The van der Waals surface area contributed by atoms with E-state index in [2.05, 4.69) is 6.58 Å². The van der Waals surface area contributed by atoms with Crippen molar-refractivity contribution in [3.63, 3.8) is 0 Å². The van der Waals surface area contributed by atoms with E-state index in [0.29, 0.717) is 6.61 Å². The zero-order chi connectivity index (χ0) is 12.8. The van der Waals surface area contributed by atoms with Gasteiger partial charge in [-0.05, 0) is 44.1 Å². The highest BCUT2D eigenvalue weighted by Crippen LogP contribution is 2.21. The largest absolute Gasteiger partial charge is 0.489 e. The van der Waals surface area contributed by atoms with Crippen LogP contribution in [0.5, 0.6) is 5.75 Å². The van der Waals surface area contributed by atoms with Gasteiger partial charge in [-0.15, -0.1) is 0 Å². The van der Waals surface area contributed by atoms with Crippen LogP contribution >= 0.6 is 0 Å². The molecule has 0 bridgehead atoms. The monoisotopic (exact) mass is 230 g/mol. The van der Waals surface area contributed by atoms with E-state index in [-0.39, 0.29) is 5.78 Å². The van der Waals surface area contributed by atoms with Crippen LogP contribution < -0.4 is 4.74 Å². The second-order valence-corrected chi connectivity index (χ2v) is 4.17. The highest BCUT2D eigenvalue weighted by molar-refractivity contribution is 5.97. The van der Waals surface area contributed by atoms with Crippen LogP contribution in [0.4, 0.5) is 0 Å². The lowest BCUT2D eigenvalue weighted by Gasteiger charge is -2.09. The first-order valence-electron chi connectivity index (χ1n) is 5.56. The van der Waals surface area contributed by atoms with E-state index in [1.807, 2.05) is 37.3 Å². The van der Waals surface area contributed by atoms with Gasteiger partial charge in [-0.1, -0.05) is 24.8 Å². The van der Waals surface area contributed by atoms with Gasteiger partial charge in [0.1, 0.15) is 12.4 Å². The van der Waals surface area contributed by atoms with Gasteiger partial charge in [0.05, 0.1) is 0 Å². The zero-order valence-electron chi connectivity index (χ0n) is 10.6. The maximum Gasteiger partial charge on any atom is 0.155 e. The minimum absolute atomic E-state index is 0.0692. The molecule has 2 nitrogen and oxygen atoms in total. The van der Waals surface area contributed by atoms with Gasteiger partial charge in [-0.2, -0.15) is 0 Å². The first kappa shape index (κ1) is 13.2. The summed E-state index contributed by atoms with van der Waals surface area (Å²) in [5.74, 6) is 0.843. The lowest BCUT2D eigenvalue weighted by atomic mass is 10.1. The average molecular weight is 230 g/mol. The van der Waals surface area contributed by atoms with Crippen molar-refractivity contribution < 1.29 is 9.53 Å². The number of benzene rings is 1. The lowest BCUT2D eigenvalue weighted by Crippen LogP contribution is -1.99. The van der Waals surface area contributed by atoms with Crippen LogP contribution in [0.1, 0.15) is 26.3 Å². The topological polar surface area (TPSA) is 26.3 Å². The Balaban J connectivity index is 2.95. The van der Waals surface area contributed by atoms with Crippen LogP contribution in [-0.4, -0.2) is 12.4 Å². The molecule has 0 heterocycles. The summed E-state index contributed by atoms with van der Waals surface area (Å²) in [7, 11) is 0. The molecule has 0 unspecified atom stereocenters. The fraction of sp³-hybridized carbons (Fsp3) is 0.267. The van der Waals surface area contributed by atoms with Crippen molar-refractivity contribution in [3.8, 4) is 5.75 Å². The minimum atomic E-state index is 0.0692. The quantitative estimate of drug-likeness (QED) is 0.570. The number of para-hydroxylation sites is 1. The van der Waals surface area contributed by atoms with Crippen molar-refractivity contribution in [3.05, 3.63) is 47.6 Å². The number of hydrogen-bond donors (Lipinski definition) is 0. The third-order valence-corrected chi connectivity index (χ3v) is 2.32. The maximum atomic E-state index is 11.2. The van der Waals surface area contributed by atoms with E-state index < -0.39 is 0 Å². The van der Waals surface area contributed by atoms with Gasteiger partial charge in [-0.25, -0.2) is 0 Å². The molecule has 0 atom stereocenters. The van der Waals surface area contributed by atoms with Gasteiger partial charge in [0.2, 0.25) is 0 Å². The number of ketones is 1. The second kappa shape index (κ2) is 6.04. The molecular formula is C15H18O2. The predicted octanol–water partition coefficient (Wildman–Crippen LogP) is 3.63. The zero-order valence-corrected chi connectivity index (χ0v) is 10.6. The number of carbonyl (C=O) groups excluding carboxylic acids is 1. The number of ether oxygens (including phenoxy) is 1. The molecule has 17 heavy (non-hydrogen) atoms. The Labute approximate surface area is 103 Å². The molecule has 1 rings (SSSR count). The molecule has 90 valence electrons. The molecule has 0 spiro atoms. The molecule has 0 amide bonds. The summed E-state index contributed by atoms with van der Waals surface area (Å²) in [6.07, 6.45) is 1.84.